The Bertz CT molecular complexity index is 760. The highest BCUT2D eigenvalue weighted by atomic mass is 16.5. The number of carbonyl (C=O) groups is 2. The Hall–Kier alpha value is -3.09. The first-order valence-electron chi connectivity index (χ1n) is 8.05. The van der Waals surface area contributed by atoms with E-state index in [2.05, 4.69) is 20.9 Å². The number of rotatable bonds is 6. The lowest BCUT2D eigenvalue weighted by Gasteiger charge is -2.18. The van der Waals surface area contributed by atoms with Crippen LogP contribution in [0.1, 0.15) is 18.4 Å². The summed E-state index contributed by atoms with van der Waals surface area (Å²) in [6.45, 7) is 0.165. The molecule has 0 unspecified atom stereocenters. The molecule has 1 aromatic carbocycles. The van der Waals surface area contributed by atoms with Gasteiger partial charge in [0.05, 0.1) is 17.6 Å². The minimum Gasteiger partial charge on any atom is -0.445 e. The third kappa shape index (κ3) is 4.06. The highest BCUT2D eigenvalue weighted by Gasteiger charge is 2.51. The van der Waals surface area contributed by atoms with E-state index in [0.717, 1.165) is 5.56 Å². The number of amides is 2. The molecule has 1 aliphatic carbocycles. The van der Waals surface area contributed by atoms with Gasteiger partial charge in [-0.2, -0.15) is 0 Å². The maximum absolute atomic E-state index is 12.5. The van der Waals surface area contributed by atoms with E-state index >= 15 is 0 Å². The molecule has 0 bridgehead atoms. The van der Waals surface area contributed by atoms with Crippen molar-refractivity contribution in [1.29, 1.82) is 0 Å². The molecule has 0 radical (unpaired) electrons. The predicted octanol–water partition coefficient (Wildman–Crippen LogP) is 2.52. The van der Waals surface area contributed by atoms with E-state index in [4.69, 9.17) is 4.74 Å². The average Bonchev–Trinajstić information content (AvgIpc) is 3.42. The van der Waals surface area contributed by atoms with Gasteiger partial charge in [0.25, 0.3) is 0 Å². The fourth-order valence-corrected chi connectivity index (χ4v) is 2.43. The molecule has 1 aliphatic rings. The fraction of sp³-hybridized carbons (Fsp3) is 0.278. The average molecular weight is 340 g/mol. The second-order valence-electron chi connectivity index (χ2n) is 5.89. The van der Waals surface area contributed by atoms with Gasteiger partial charge in [-0.05, 0) is 24.5 Å². The highest BCUT2D eigenvalue weighted by molar-refractivity contribution is 6.03. The van der Waals surface area contributed by atoms with E-state index in [1.807, 2.05) is 30.3 Å². The molecule has 1 saturated carbocycles. The Balaban J connectivity index is 1.56. The second kappa shape index (κ2) is 7.21. The first-order valence-corrected chi connectivity index (χ1v) is 8.05. The number of hydrogen-bond acceptors (Lipinski definition) is 5. The van der Waals surface area contributed by atoms with Gasteiger partial charge in [0.1, 0.15) is 12.1 Å². The van der Waals surface area contributed by atoms with Gasteiger partial charge in [0.15, 0.2) is 0 Å². The lowest BCUT2D eigenvalue weighted by Crippen LogP contribution is -2.46. The molecule has 1 fully saturated rings. The monoisotopic (exact) mass is 340 g/mol. The van der Waals surface area contributed by atoms with Gasteiger partial charge in [-0.1, -0.05) is 30.3 Å². The molecule has 25 heavy (non-hydrogen) atoms. The van der Waals surface area contributed by atoms with Crippen LogP contribution >= 0.6 is 0 Å². The number of carbonyl (C=O) groups excluding carboxylic acids is 2. The molecule has 3 rings (SSSR count). The van der Waals surface area contributed by atoms with E-state index in [-0.39, 0.29) is 12.5 Å². The van der Waals surface area contributed by atoms with Crippen LogP contribution in [0.15, 0.2) is 48.8 Å². The Morgan fingerprint density at radius 3 is 2.60 bits per heavy atom. The molecular weight excluding hydrogens is 320 g/mol. The van der Waals surface area contributed by atoms with Crippen molar-refractivity contribution in [2.75, 3.05) is 17.7 Å². The fourth-order valence-electron chi connectivity index (χ4n) is 2.43. The van der Waals surface area contributed by atoms with Gasteiger partial charge in [-0.15, -0.1) is 0 Å². The molecule has 2 amide bonds. The van der Waals surface area contributed by atoms with Gasteiger partial charge in [0.2, 0.25) is 5.91 Å². The summed E-state index contributed by atoms with van der Waals surface area (Å²) >= 11 is 0. The minimum absolute atomic E-state index is 0.165. The minimum atomic E-state index is -0.901. The number of benzene rings is 1. The SMILES string of the molecule is CNc1cnccc1NC(=O)C1(NC(=O)OCc2ccccc2)CC1. The number of nitrogens with zero attached hydrogens (tertiary/aromatic N) is 1. The van der Waals surface area contributed by atoms with Gasteiger partial charge in [-0.3, -0.25) is 9.78 Å². The quantitative estimate of drug-likeness (QED) is 0.751. The molecule has 0 spiro atoms. The molecular formula is C18H20N4O3. The number of aromatic nitrogens is 1. The van der Waals surface area contributed by atoms with Crippen LogP contribution < -0.4 is 16.0 Å². The second-order valence-corrected chi connectivity index (χ2v) is 5.89. The number of alkyl carbamates (subject to hydrolysis) is 1. The van der Waals surface area contributed by atoms with Crippen LogP contribution in [-0.4, -0.2) is 29.6 Å². The highest BCUT2D eigenvalue weighted by Crippen LogP contribution is 2.37. The summed E-state index contributed by atoms with van der Waals surface area (Å²) in [4.78, 5) is 28.6. The van der Waals surface area contributed by atoms with Crippen LogP contribution in [0.5, 0.6) is 0 Å². The van der Waals surface area contributed by atoms with Crippen molar-refractivity contribution < 1.29 is 14.3 Å². The van der Waals surface area contributed by atoms with Gasteiger partial charge in [-0.25, -0.2) is 4.79 Å². The van der Waals surface area contributed by atoms with Crippen molar-refractivity contribution in [3.8, 4) is 0 Å². The lowest BCUT2D eigenvalue weighted by molar-refractivity contribution is -0.119. The van der Waals surface area contributed by atoms with Crippen molar-refractivity contribution in [2.24, 2.45) is 0 Å². The van der Waals surface area contributed by atoms with E-state index in [9.17, 15) is 9.59 Å². The maximum Gasteiger partial charge on any atom is 0.408 e. The van der Waals surface area contributed by atoms with Crippen LogP contribution in [0.25, 0.3) is 0 Å². The normalized spacial score (nSPS) is 14.3. The zero-order chi connectivity index (χ0) is 17.7. The van der Waals surface area contributed by atoms with E-state index < -0.39 is 11.6 Å². The molecule has 7 heteroatoms. The Morgan fingerprint density at radius 2 is 1.92 bits per heavy atom. The van der Waals surface area contributed by atoms with Crippen molar-refractivity contribution in [3.05, 3.63) is 54.4 Å². The Labute approximate surface area is 145 Å². The molecule has 0 saturated heterocycles. The molecule has 3 N–H and O–H groups in total. The maximum atomic E-state index is 12.5. The van der Waals surface area contributed by atoms with Crippen molar-refractivity contribution in [2.45, 2.75) is 25.0 Å². The summed E-state index contributed by atoms with van der Waals surface area (Å²) < 4.78 is 5.20. The van der Waals surface area contributed by atoms with Crippen LogP contribution in [0, 0.1) is 0 Å². The first-order chi connectivity index (χ1) is 12.1. The van der Waals surface area contributed by atoms with Gasteiger partial charge < -0.3 is 20.7 Å². The van der Waals surface area contributed by atoms with E-state index in [1.54, 1.807) is 25.5 Å². The molecule has 2 aromatic rings. The summed E-state index contributed by atoms with van der Waals surface area (Å²) in [5.41, 5.74) is 1.32. The molecule has 1 aromatic heterocycles. The molecule has 1 heterocycles. The Morgan fingerprint density at radius 1 is 1.16 bits per heavy atom. The van der Waals surface area contributed by atoms with E-state index in [1.165, 1.54) is 0 Å². The van der Waals surface area contributed by atoms with Crippen molar-refractivity contribution >= 4 is 23.4 Å². The summed E-state index contributed by atoms with van der Waals surface area (Å²) in [5, 5.41) is 8.48. The Kier molecular flexibility index (Phi) is 4.83. The lowest BCUT2D eigenvalue weighted by atomic mass is 10.2. The topological polar surface area (TPSA) is 92.4 Å². The zero-order valence-electron chi connectivity index (χ0n) is 13.9. The van der Waals surface area contributed by atoms with Crippen LogP contribution in [-0.2, 0) is 16.1 Å². The number of pyridine rings is 1. The predicted molar refractivity (Wildman–Crippen MR) is 94.1 cm³/mol. The third-order valence-electron chi connectivity index (χ3n) is 4.08. The third-order valence-corrected chi connectivity index (χ3v) is 4.08. The van der Waals surface area contributed by atoms with Crippen molar-refractivity contribution in [1.82, 2.24) is 10.3 Å². The zero-order valence-corrected chi connectivity index (χ0v) is 13.9. The number of ether oxygens (including phenoxy) is 1. The molecule has 0 atom stereocenters. The summed E-state index contributed by atoms with van der Waals surface area (Å²) in [7, 11) is 1.75. The smallest absolute Gasteiger partial charge is 0.408 e. The van der Waals surface area contributed by atoms with Crippen molar-refractivity contribution in [3.63, 3.8) is 0 Å². The number of nitrogens with one attached hydrogen (secondary N) is 3. The van der Waals surface area contributed by atoms with Crippen LogP contribution in [0.2, 0.25) is 0 Å². The van der Waals surface area contributed by atoms with Crippen LogP contribution in [0.3, 0.4) is 0 Å². The number of anilines is 2. The van der Waals surface area contributed by atoms with E-state index in [0.29, 0.717) is 24.2 Å². The first kappa shape index (κ1) is 16.8. The molecule has 130 valence electrons. The van der Waals surface area contributed by atoms with Gasteiger partial charge >= 0.3 is 6.09 Å². The number of hydrogen-bond donors (Lipinski definition) is 3. The summed E-state index contributed by atoms with van der Waals surface area (Å²) in [6, 6.07) is 11.1. The molecule has 0 aliphatic heterocycles. The summed E-state index contributed by atoms with van der Waals surface area (Å²) in [5.74, 6) is -0.258. The summed E-state index contributed by atoms with van der Waals surface area (Å²) in [6.07, 6.45) is 3.78. The van der Waals surface area contributed by atoms with Crippen LogP contribution in [0.4, 0.5) is 16.2 Å². The van der Waals surface area contributed by atoms with Gasteiger partial charge in [0, 0.05) is 13.2 Å². The standard InChI is InChI=1S/C18H20N4O3/c1-19-15-11-20-10-7-14(15)21-16(23)18(8-9-18)22-17(24)25-12-13-5-3-2-4-6-13/h2-7,10-11,19H,8-9,12H2,1H3,(H,22,24)(H,20,21,23). The molecule has 7 nitrogen and oxygen atoms in total. The largest absolute Gasteiger partial charge is 0.445 e.